The van der Waals surface area contributed by atoms with Crippen LogP contribution in [0.4, 0.5) is 0 Å². The smallest absolute Gasteiger partial charge is 0.132 e. The lowest BCUT2D eigenvalue weighted by atomic mass is 9.87. The summed E-state index contributed by atoms with van der Waals surface area (Å²) in [5.74, 6) is 0.683. The maximum Gasteiger partial charge on any atom is 0.132 e. The molecule has 5 heteroatoms. The van der Waals surface area contributed by atoms with Crippen LogP contribution in [0.15, 0.2) is 4.99 Å². The van der Waals surface area contributed by atoms with Crippen LogP contribution >= 0.6 is 0 Å². The highest BCUT2D eigenvalue weighted by Crippen LogP contribution is 2.27. The summed E-state index contributed by atoms with van der Waals surface area (Å²) in [5, 5.41) is 8.38. The molecule has 13 heavy (non-hydrogen) atoms. The van der Waals surface area contributed by atoms with Gasteiger partial charge in [0.25, 0.3) is 0 Å². The summed E-state index contributed by atoms with van der Waals surface area (Å²) in [4.78, 5) is 8.84. The van der Waals surface area contributed by atoms with E-state index in [1.807, 2.05) is 13.0 Å². The van der Waals surface area contributed by atoms with Crippen LogP contribution in [0.3, 0.4) is 0 Å². The van der Waals surface area contributed by atoms with Gasteiger partial charge in [-0.15, -0.1) is 0 Å². The topological polar surface area (TPSA) is 66.6 Å². The summed E-state index contributed by atoms with van der Waals surface area (Å²) in [5.41, 5.74) is 2.56. The van der Waals surface area contributed by atoms with Gasteiger partial charge in [-0.1, -0.05) is 0 Å². The summed E-state index contributed by atoms with van der Waals surface area (Å²) in [6.45, 7) is 3.39. The SMILES string of the molecule is CON/C(=N\CC#N)C1(C)COC1. The third-order valence-corrected chi connectivity index (χ3v) is 1.92. The summed E-state index contributed by atoms with van der Waals surface area (Å²) in [6.07, 6.45) is 0. The van der Waals surface area contributed by atoms with Gasteiger partial charge in [-0.3, -0.25) is 15.3 Å². The lowest BCUT2D eigenvalue weighted by Gasteiger charge is -2.38. The maximum absolute atomic E-state index is 8.38. The average molecular weight is 183 g/mol. The Morgan fingerprint density at radius 3 is 2.85 bits per heavy atom. The quantitative estimate of drug-likeness (QED) is 0.291. The molecule has 5 nitrogen and oxygen atoms in total. The van der Waals surface area contributed by atoms with E-state index in [0.29, 0.717) is 19.0 Å². The van der Waals surface area contributed by atoms with Crippen molar-refractivity contribution in [2.75, 3.05) is 26.9 Å². The minimum Gasteiger partial charge on any atom is -0.379 e. The van der Waals surface area contributed by atoms with Crippen LogP contribution in [-0.4, -0.2) is 32.7 Å². The Balaban J connectivity index is 2.62. The van der Waals surface area contributed by atoms with E-state index in [1.165, 1.54) is 7.11 Å². The minimum absolute atomic E-state index is 0.118. The van der Waals surface area contributed by atoms with Crippen LogP contribution in [0.5, 0.6) is 0 Å². The van der Waals surface area contributed by atoms with Crippen molar-refractivity contribution in [1.29, 1.82) is 5.26 Å². The molecule has 1 rings (SSSR count). The standard InChI is InChI=1S/C8H13N3O2/c1-8(5-13-6-8)7(11-12-2)10-4-3-9/h4-6H2,1-2H3,(H,10,11). The lowest BCUT2D eigenvalue weighted by molar-refractivity contribution is -0.0653. The van der Waals surface area contributed by atoms with Gasteiger partial charge in [0, 0.05) is 0 Å². The number of hydrogen-bond donors (Lipinski definition) is 1. The first-order chi connectivity index (χ1) is 6.23. The van der Waals surface area contributed by atoms with Crippen molar-refractivity contribution in [1.82, 2.24) is 5.48 Å². The lowest BCUT2D eigenvalue weighted by Crippen LogP contribution is -2.51. The molecule has 0 aromatic rings. The monoisotopic (exact) mass is 183 g/mol. The molecule has 1 N–H and O–H groups in total. The molecule has 0 saturated carbocycles. The first-order valence-electron chi connectivity index (χ1n) is 4.01. The highest BCUT2D eigenvalue weighted by Gasteiger charge is 2.39. The molecule has 0 spiro atoms. The van der Waals surface area contributed by atoms with E-state index >= 15 is 0 Å². The molecule has 0 bridgehead atoms. The fourth-order valence-electron chi connectivity index (χ4n) is 1.10. The molecule has 0 aliphatic carbocycles. The van der Waals surface area contributed by atoms with Crippen molar-refractivity contribution in [2.45, 2.75) is 6.92 Å². The van der Waals surface area contributed by atoms with Gasteiger partial charge in [-0.05, 0) is 6.92 Å². The average Bonchev–Trinajstić information content (AvgIpc) is 2.08. The van der Waals surface area contributed by atoms with Gasteiger partial charge in [-0.2, -0.15) is 5.26 Å². The van der Waals surface area contributed by atoms with Crippen LogP contribution in [0.2, 0.25) is 0 Å². The van der Waals surface area contributed by atoms with E-state index in [4.69, 9.17) is 14.8 Å². The largest absolute Gasteiger partial charge is 0.379 e. The Morgan fingerprint density at radius 2 is 2.46 bits per heavy atom. The number of hydroxylamine groups is 1. The van der Waals surface area contributed by atoms with Crippen LogP contribution in [0.25, 0.3) is 0 Å². The van der Waals surface area contributed by atoms with Crippen molar-refractivity contribution >= 4 is 5.84 Å². The van der Waals surface area contributed by atoms with Crippen LogP contribution in [-0.2, 0) is 9.57 Å². The van der Waals surface area contributed by atoms with Crippen LogP contribution in [0, 0.1) is 16.7 Å². The van der Waals surface area contributed by atoms with Crippen molar-refractivity contribution < 1.29 is 9.57 Å². The molecule has 1 fully saturated rings. The molecular weight excluding hydrogens is 170 g/mol. The first-order valence-corrected chi connectivity index (χ1v) is 4.01. The Hall–Kier alpha value is -1.12. The van der Waals surface area contributed by atoms with Gasteiger partial charge in [-0.25, -0.2) is 0 Å². The number of ether oxygens (including phenoxy) is 1. The predicted molar refractivity (Wildman–Crippen MR) is 47.0 cm³/mol. The minimum atomic E-state index is -0.118. The van der Waals surface area contributed by atoms with Gasteiger partial charge < -0.3 is 4.74 Å². The second-order valence-corrected chi connectivity index (χ2v) is 3.18. The highest BCUT2D eigenvalue weighted by molar-refractivity contribution is 5.88. The number of nitrogens with zero attached hydrogens (tertiary/aromatic N) is 2. The molecule has 0 aromatic heterocycles. The zero-order valence-corrected chi connectivity index (χ0v) is 7.83. The summed E-state index contributed by atoms with van der Waals surface area (Å²) >= 11 is 0. The summed E-state index contributed by atoms with van der Waals surface area (Å²) in [7, 11) is 1.52. The first kappa shape index (κ1) is 9.96. The van der Waals surface area contributed by atoms with Crippen molar-refractivity contribution in [3.8, 4) is 6.07 Å². The zero-order chi connectivity index (χ0) is 9.73. The van der Waals surface area contributed by atoms with Crippen molar-refractivity contribution in [2.24, 2.45) is 10.4 Å². The Bertz CT molecular complexity index is 240. The van der Waals surface area contributed by atoms with Gasteiger partial charge in [0.05, 0.1) is 31.8 Å². The molecule has 1 aliphatic heterocycles. The van der Waals surface area contributed by atoms with Crippen molar-refractivity contribution in [3.63, 3.8) is 0 Å². The Morgan fingerprint density at radius 1 is 1.77 bits per heavy atom. The van der Waals surface area contributed by atoms with Crippen LogP contribution in [0.1, 0.15) is 6.92 Å². The number of hydrogen-bond acceptors (Lipinski definition) is 4. The van der Waals surface area contributed by atoms with E-state index in [2.05, 4.69) is 10.5 Å². The third kappa shape index (κ3) is 2.17. The molecule has 1 saturated heterocycles. The molecule has 0 amide bonds. The Labute approximate surface area is 77.3 Å². The molecule has 0 unspecified atom stereocenters. The third-order valence-electron chi connectivity index (χ3n) is 1.92. The zero-order valence-electron chi connectivity index (χ0n) is 7.83. The number of amidine groups is 1. The van der Waals surface area contributed by atoms with E-state index in [0.717, 1.165) is 0 Å². The van der Waals surface area contributed by atoms with E-state index in [9.17, 15) is 0 Å². The maximum atomic E-state index is 8.38. The molecule has 0 atom stereocenters. The molecule has 72 valence electrons. The number of rotatable bonds is 3. The van der Waals surface area contributed by atoms with Gasteiger partial charge in [0.1, 0.15) is 12.4 Å². The Kier molecular flexibility index (Phi) is 3.23. The fourth-order valence-corrected chi connectivity index (χ4v) is 1.10. The van der Waals surface area contributed by atoms with E-state index < -0.39 is 0 Å². The van der Waals surface area contributed by atoms with E-state index in [-0.39, 0.29) is 12.0 Å². The summed E-state index contributed by atoms with van der Waals surface area (Å²) in [6, 6.07) is 1.95. The summed E-state index contributed by atoms with van der Waals surface area (Å²) < 4.78 is 5.09. The molecular formula is C8H13N3O2. The normalized spacial score (nSPS) is 20.2. The molecule has 1 heterocycles. The highest BCUT2D eigenvalue weighted by atomic mass is 16.6. The van der Waals surface area contributed by atoms with Gasteiger partial charge in [0.15, 0.2) is 0 Å². The number of nitriles is 1. The number of aliphatic imine (C=N–C) groups is 1. The van der Waals surface area contributed by atoms with E-state index in [1.54, 1.807) is 0 Å². The second kappa shape index (κ2) is 4.21. The molecule has 0 radical (unpaired) electrons. The van der Waals surface area contributed by atoms with Crippen molar-refractivity contribution in [3.05, 3.63) is 0 Å². The number of nitrogens with one attached hydrogen (secondary N) is 1. The fraction of sp³-hybridized carbons (Fsp3) is 0.750. The molecule has 0 aromatic carbocycles. The van der Waals surface area contributed by atoms with Gasteiger partial charge in [0.2, 0.25) is 0 Å². The second-order valence-electron chi connectivity index (χ2n) is 3.18. The van der Waals surface area contributed by atoms with Crippen LogP contribution < -0.4 is 5.48 Å². The van der Waals surface area contributed by atoms with Gasteiger partial charge >= 0.3 is 0 Å². The molecule has 1 aliphatic rings. The predicted octanol–water partition coefficient (Wildman–Crippen LogP) is 0.0960.